The van der Waals surface area contributed by atoms with Crippen LogP contribution in [0.4, 0.5) is 0 Å². The molecule has 0 spiro atoms. The van der Waals surface area contributed by atoms with Crippen LogP contribution in [-0.2, 0) is 11.3 Å². The minimum atomic E-state index is -0.0823. The topological polar surface area (TPSA) is 43.8 Å². The van der Waals surface area contributed by atoms with Gasteiger partial charge in [0.05, 0.1) is 32.4 Å². The molecule has 0 saturated carbocycles. The van der Waals surface area contributed by atoms with Crippen LogP contribution in [0.2, 0.25) is 0 Å². The number of ether oxygens (including phenoxy) is 3. The number of hydrogen-bond acceptors (Lipinski definition) is 5. The highest BCUT2D eigenvalue weighted by Crippen LogP contribution is 2.44. The van der Waals surface area contributed by atoms with E-state index in [1.807, 2.05) is 36.5 Å². The van der Waals surface area contributed by atoms with E-state index in [1.165, 1.54) is 12.0 Å². The number of hydrogen-bond donors (Lipinski definition) is 0. The second-order valence-corrected chi connectivity index (χ2v) is 9.07. The molecule has 0 radical (unpaired) electrons. The molecule has 4 heterocycles. The summed E-state index contributed by atoms with van der Waals surface area (Å²) >= 11 is 0. The van der Waals surface area contributed by atoms with Crippen molar-refractivity contribution >= 4 is 10.9 Å². The summed E-state index contributed by atoms with van der Waals surface area (Å²) in [6, 6.07) is 16.6. The van der Waals surface area contributed by atoms with Crippen molar-refractivity contribution in [1.29, 1.82) is 0 Å². The van der Waals surface area contributed by atoms with Crippen LogP contribution in [0, 0.1) is 11.8 Å². The lowest BCUT2D eigenvalue weighted by Gasteiger charge is -2.51. The van der Waals surface area contributed by atoms with E-state index in [0.29, 0.717) is 24.5 Å². The minimum Gasteiger partial charge on any atom is -0.497 e. The van der Waals surface area contributed by atoms with Gasteiger partial charge in [-0.25, -0.2) is 0 Å². The summed E-state index contributed by atoms with van der Waals surface area (Å²) in [4.78, 5) is 7.21. The predicted molar refractivity (Wildman–Crippen MR) is 131 cm³/mol. The van der Waals surface area contributed by atoms with Crippen molar-refractivity contribution in [2.75, 3.05) is 27.3 Å². The van der Waals surface area contributed by atoms with E-state index in [4.69, 9.17) is 14.2 Å². The lowest BCUT2D eigenvalue weighted by Crippen LogP contribution is -2.55. The van der Waals surface area contributed by atoms with Crippen molar-refractivity contribution in [3.8, 4) is 11.5 Å². The molecule has 6 rings (SSSR count). The van der Waals surface area contributed by atoms with Gasteiger partial charge in [-0.2, -0.15) is 0 Å². The molecule has 3 aromatic rings. The molecular formula is C28H32N2O3. The standard InChI is InChI=1S/C28H32N2O3/c1-4-19-17-30-14-12-20(19)15-26(30)28(33-18-21-7-5-6-8-27(21)32-3)23-11-13-29-25-10-9-22(31-2)16-24(23)25/h4-11,13,16,19-20,26,28H,1,12,14-15,17-18H2,2-3H3/t19-,20-,26-,28+/m0/s1. The Morgan fingerprint density at radius 1 is 1.15 bits per heavy atom. The van der Waals surface area contributed by atoms with Gasteiger partial charge in [0.25, 0.3) is 0 Å². The number of piperidine rings is 3. The highest BCUT2D eigenvalue weighted by atomic mass is 16.5. The van der Waals surface area contributed by atoms with Gasteiger partial charge >= 0.3 is 0 Å². The molecule has 2 bridgehead atoms. The maximum absolute atomic E-state index is 6.78. The summed E-state index contributed by atoms with van der Waals surface area (Å²) in [5.74, 6) is 2.92. The van der Waals surface area contributed by atoms with E-state index >= 15 is 0 Å². The summed E-state index contributed by atoms with van der Waals surface area (Å²) in [6.07, 6.45) is 6.30. The number of fused-ring (bicyclic) bond motifs is 4. The Labute approximate surface area is 196 Å². The largest absolute Gasteiger partial charge is 0.497 e. The van der Waals surface area contributed by atoms with Crippen molar-refractivity contribution in [2.45, 2.75) is 31.6 Å². The molecule has 1 unspecified atom stereocenters. The average Bonchev–Trinajstić information content (AvgIpc) is 2.89. The summed E-state index contributed by atoms with van der Waals surface area (Å²) in [7, 11) is 3.41. The molecule has 3 aliphatic rings. The average molecular weight is 445 g/mol. The normalized spacial score (nSPS) is 25.0. The maximum Gasteiger partial charge on any atom is 0.124 e. The molecule has 0 amide bonds. The van der Waals surface area contributed by atoms with Gasteiger partial charge in [-0.05, 0) is 67.1 Å². The number of aromatic nitrogens is 1. The fraction of sp³-hybridized carbons (Fsp3) is 0.393. The Balaban J connectivity index is 1.53. The second-order valence-electron chi connectivity index (χ2n) is 9.07. The van der Waals surface area contributed by atoms with Crippen LogP contribution in [0.3, 0.4) is 0 Å². The SMILES string of the molecule is C=C[C@H]1CN2CC[C@H]1C[C@H]2[C@H](OCc1ccccc1OC)c1ccnc2ccc(OC)cc12. The van der Waals surface area contributed by atoms with E-state index in [1.54, 1.807) is 14.2 Å². The molecule has 0 aliphatic carbocycles. The second kappa shape index (κ2) is 9.54. The van der Waals surface area contributed by atoms with Gasteiger partial charge in [-0.3, -0.25) is 9.88 Å². The predicted octanol–water partition coefficient (Wildman–Crippen LogP) is 5.41. The molecule has 5 heteroatoms. The van der Waals surface area contributed by atoms with Crippen molar-refractivity contribution in [3.05, 3.63) is 78.5 Å². The van der Waals surface area contributed by atoms with E-state index in [9.17, 15) is 0 Å². The van der Waals surface area contributed by atoms with E-state index in [-0.39, 0.29) is 6.10 Å². The molecule has 2 aromatic carbocycles. The fourth-order valence-corrected chi connectivity index (χ4v) is 5.62. The molecule has 5 nitrogen and oxygen atoms in total. The highest BCUT2D eigenvalue weighted by molar-refractivity contribution is 5.84. The third-order valence-corrected chi connectivity index (χ3v) is 7.40. The first-order valence-electron chi connectivity index (χ1n) is 11.7. The zero-order valence-electron chi connectivity index (χ0n) is 19.4. The van der Waals surface area contributed by atoms with Crippen molar-refractivity contribution in [2.24, 2.45) is 11.8 Å². The molecule has 0 N–H and O–H groups in total. The Hall–Kier alpha value is -2.89. The van der Waals surface area contributed by atoms with E-state index < -0.39 is 0 Å². The van der Waals surface area contributed by atoms with Gasteiger partial charge in [0.15, 0.2) is 0 Å². The van der Waals surface area contributed by atoms with Gasteiger partial charge in [-0.15, -0.1) is 6.58 Å². The first-order valence-corrected chi connectivity index (χ1v) is 11.7. The zero-order valence-corrected chi connectivity index (χ0v) is 19.4. The number of benzene rings is 2. The summed E-state index contributed by atoms with van der Waals surface area (Å²) in [6.45, 7) is 6.75. The summed E-state index contributed by atoms with van der Waals surface area (Å²) in [5, 5.41) is 1.09. The Morgan fingerprint density at radius 2 is 2.03 bits per heavy atom. The summed E-state index contributed by atoms with van der Waals surface area (Å²) in [5.41, 5.74) is 3.18. The molecule has 3 saturated heterocycles. The van der Waals surface area contributed by atoms with Gasteiger partial charge in [0.2, 0.25) is 0 Å². The molecule has 172 valence electrons. The minimum absolute atomic E-state index is 0.0823. The monoisotopic (exact) mass is 444 g/mol. The Morgan fingerprint density at radius 3 is 2.79 bits per heavy atom. The van der Waals surface area contributed by atoms with Gasteiger partial charge in [0, 0.05) is 29.7 Å². The van der Waals surface area contributed by atoms with Crippen molar-refractivity contribution < 1.29 is 14.2 Å². The quantitative estimate of drug-likeness (QED) is 0.435. The van der Waals surface area contributed by atoms with Crippen LogP contribution in [0.5, 0.6) is 11.5 Å². The first-order chi connectivity index (χ1) is 16.2. The highest BCUT2D eigenvalue weighted by Gasteiger charge is 2.43. The molecule has 1 aromatic heterocycles. The maximum atomic E-state index is 6.78. The number of para-hydroxylation sites is 1. The van der Waals surface area contributed by atoms with Crippen molar-refractivity contribution in [3.63, 3.8) is 0 Å². The fourth-order valence-electron chi connectivity index (χ4n) is 5.62. The lowest BCUT2D eigenvalue weighted by molar-refractivity contribution is -0.0805. The van der Waals surface area contributed by atoms with Crippen LogP contribution >= 0.6 is 0 Å². The van der Waals surface area contributed by atoms with Crippen LogP contribution in [-0.4, -0.2) is 43.2 Å². The number of pyridine rings is 1. The van der Waals surface area contributed by atoms with E-state index in [2.05, 4.69) is 40.7 Å². The molecule has 3 aliphatic heterocycles. The Bertz CT molecular complexity index is 1130. The molecule has 5 atom stereocenters. The molecule has 3 fully saturated rings. The van der Waals surface area contributed by atoms with Crippen LogP contribution in [0.1, 0.15) is 30.1 Å². The molecular weight excluding hydrogens is 412 g/mol. The number of methoxy groups -OCH3 is 2. The van der Waals surface area contributed by atoms with E-state index in [0.717, 1.165) is 47.5 Å². The lowest BCUT2D eigenvalue weighted by atomic mass is 9.73. The molecule has 33 heavy (non-hydrogen) atoms. The third kappa shape index (κ3) is 4.23. The van der Waals surface area contributed by atoms with Gasteiger partial charge in [-0.1, -0.05) is 24.3 Å². The zero-order chi connectivity index (χ0) is 22.8. The van der Waals surface area contributed by atoms with Crippen LogP contribution < -0.4 is 9.47 Å². The van der Waals surface area contributed by atoms with Gasteiger partial charge in [0.1, 0.15) is 11.5 Å². The number of rotatable bonds is 8. The van der Waals surface area contributed by atoms with Crippen LogP contribution in [0.15, 0.2) is 67.4 Å². The Kier molecular flexibility index (Phi) is 6.34. The first kappa shape index (κ1) is 21.9. The third-order valence-electron chi connectivity index (χ3n) is 7.40. The van der Waals surface area contributed by atoms with Crippen LogP contribution in [0.25, 0.3) is 10.9 Å². The summed E-state index contributed by atoms with van der Waals surface area (Å²) < 4.78 is 17.9. The number of nitrogens with zero attached hydrogens (tertiary/aromatic N) is 2. The smallest absolute Gasteiger partial charge is 0.124 e. The van der Waals surface area contributed by atoms with Gasteiger partial charge < -0.3 is 14.2 Å². The van der Waals surface area contributed by atoms with Crippen molar-refractivity contribution in [1.82, 2.24) is 9.88 Å².